The topological polar surface area (TPSA) is 93.2 Å². The summed E-state index contributed by atoms with van der Waals surface area (Å²) in [6.45, 7) is 6.55. The van der Waals surface area contributed by atoms with Gasteiger partial charge in [0.15, 0.2) is 5.69 Å². The summed E-state index contributed by atoms with van der Waals surface area (Å²) in [6.07, 6.45) is 2.80. The van der Waals surface area contributed by atoms with Crippen molar-refractivity contribution >= 4 is 11.6 Å². The Labute approximate surface area is 107 Å². The second kappa shape index (κ2) is 5.86. The number of hydrogen-bond acceptors (Lipinski definition) is 4. The molecule has 1 aromatic heterocycles. The molecule has 0 spiro atoms. The third kappa shape index (κ3) is 3.22. The van der Waals surface area contributed by atoms with Gasteiger partial charge >= 0.3 is 0 Å². The number of amides is 1. The number of nitrogens with two attached hydrogens (primary N) is 1. The van der Waals surface area contributed by atoms with E-state index in [1.165, 1.54) is 0 Å². The quantitative estimate of drug-likeness (QED) is 0.699. The summed E-state index contributed by atoms with van der Waals surface area (Å²) in [7, 11) is 0. The first-order valence-corrected chi connectivity index (χ1v) is 6.29. The van der Waals surface area contributed by atoms with Gasteiger partial charge in [-0.05, 0) is 19.8 Å². The van der Waals surface area contributed by atoms with E-state index < -0.39 is 5.60 Å². The number of carbonyl (C=O) groups excluding carboxylic acids is 1. The van der Waals surface area contributed by atoms with Gasteiger partial charge < -0.3 is 16.2 Å². The van der Waals surface area contributed by atoms with E-state index >= 15 is 0 Å². The van der Waals surface area contributed by atoms with Crippen LogP contribution in [0.4, 0.5) is 5.69 Å². The number of anilines is 1. The van der Waals surface area contributed by atoms with E-state index in [1.54, 1.807) is 10.9 Å². The van der Waals surface area contributed by atoms with E-state index in [0.29, 0.717) is 25.1 Å². The number of nitrogen functional groups attached to an aromatic ring is 1. The molecular weight excluding hydrogens is 232 g/mol. The van der Waals surface area contributed by atoms with Crippen LogP contribution in [0.3, 0.4) is 0 Å². The average molecular weight is 254 g/mol. The molecule has 0 bridgehead atoms. The Morgan fingerprint density at radius 3 is 2.56 bits per heavy atom. The van der Waals surface area contributed by atoms with Crippen molar-refractivity contribution < 1.29 is 9.90 Å². The summed E-state index contributed by atoms with van der Waals surface area (Å²) in [5.74, 6) is -0.347. The Hall–Kier alpha value is -1.56. The Morgan fingerprint density at radius 2 is 2.11 bits per heavy atom. The van der Waals surface area contributed by atoms with Crippen LogP contribution in [0, 0.1) is 0 Å². The Balaban J connectivity index is 2.68. The van der Waals surface area contributed by atoms with Crippen molar-refractivity contribution in [3.8, 4) is 0 Å². The van der Waals surface area contributed by atoms with Crippen LogP contribution in [0.1, 0.15) is 44.1 Å². The molecule has 0 saturated carbocycles. The first-order chi connectivity index (χ1) is 8.45. The van der Waals surface area contributed by atoms with Gasteiger partial charge in [0, 0.05) is 19.3 Å². The minimum absolute atomic E-state index is 0.206. The van der Waals surface area contributed by atoms with Crippen LogP contribution in [0.15, 0.2) is 6.20 Å². The van der Waals surface area contributed by atoms with Crippen molar-refractivity contribution in [3.05, 3.63) is 11.9 Å². The number of rotatable bonds is 6. The van der Waals surface area contributed by atoms with Gasteiger partial charge in [-0.15, -0.1) is 0 Å². The molecule has 0 aliphatic carbocycles. The largest absolute Gasteiger partial charge is 0.396 e. The molecule has 0 unspecified atom stereocenters. The second-order valence-electron chi connectivity index (χ2n) is 4.40. The molecule has 1 rings (SSSR count). The number of hydrogen-bond donors (Lipinski definition) is 3. The number of aliphatic hydroxyl groups is 1. The highest BCUT2D eigenvalue weighted by Gasteiger charge is 2.24. The van der Waals surface area contributed by atoms with Gasteiger partial charge in [-0.25, -0.2) is 0 Å². The van der Waals surface area contributed by atoms with Crippen molar-refractivity contribution in [3.63, 3.8) is 0 Å². The fraction of sp³-hybridized carbons (Fsp3) is 0.667. The number of nitrogens with zero attached hydrogens (tertiary/aromatic N) is 2. The van der Waals surface area contributed by atoms with Crippen LogP contribution in [-0.4, -0.2) is 32.9 Å². The van der Waals surface area contributed by atoms with Gasteiger partial charge in [0.25, 0.3) is 5.91 Å². The lowest BCUT2D eigenvalue weighted by atomic mass is 9.97. The van der Waals surface area contributed by atoms with E-state index in [1.807, 2.05) is 20.8 Å². The normalized spacial score (nSPS) is 11.6. The maximum absolute atomic E-state index is 11.9. The molecule has 6 heteroatoms. The first kappa shape index (κ1) is 14.5. The molecule has 102 valence electrons. The van der Waals surface area contributed by atoms with Crippen molar-refractivity contribution in [1.82, 2.24) is 15.1 Å². The molecule has 6 nitrogen and oxygen atoms in total. The van der Waals surface area contributed by atoms with Gasteiger partial charge in [0.1, 0.15) is 0 Å². The van der Waals surface area contributed by atoms with E-state index in [4.69, 9.17) is 5.73 Å². The summed E-state index contributed by atoms with van der Waals surface area (Å²) < 4.78 is 1.61. The number of aryl methyl sites for hydroxylation is 1. The number of aromatic nitrogens is 2. The third-order valence-corrected chi connectivity index (χ3v) is 3.22. The lowest BCUT2D eigenvalue weighted by molar-refractivity contribution is 0.0313. The number of nitrogens with one attached hydrogen (secondary N) is 1. The summed E-state index contributed by atoms with van der Waals surface area (Å²) in [6, 6.07) is 0. The van der Waals surface area contributed by atoms with E-state index in [-0.39, 0.29) is 18.1 Å². The molecular formula is C12H22N4O2. The van der Waals surface area contributed by atoms with Crippen LogP contribution >= 0.6 is 0 Å². The zero-order valence-corrected chi connectivity index (χ0v) is 11.2. The molecule has 1 heterocycles. The minimum atomic E-state index is -0.863. The standard InChI is InChI=1S/C12H22N4O2/c1-4-12(18,5-2)8-14-11(17)10-9(13)7-16(6-3)15-10/h7,18H,4-6,8,13H2,1-3H3,(H,14,17). The first-order valence-electron chi connectivity index (χ1n) is 6.29. The van der Waals surface area contributed by atoms with Crippen LogP contribution in [-0.2, 0) is 6.54 Å². The Morgan fingerprint density at radius 1 is 1.50 bits per heavy atom. The summed E-state index contributed by atoms with van der Waals surface area (Å²) in [5.41, 5.74) is 5.42. The number of carbonyl (C=O) groups is 1. The highest BCUT2D eigenvalue weighted by Crippen LogP contribution is 2.14. The summed E-state index contributed by atoms with van der Waals surface area (Å²) in [5, 5.41) is 16.8. The van der Waals surface area contributed by atoms with Crippen LogP contribution in [0.25, 0.3) is 0 Å². The van der Waals surface area contributed by atoms with Crippen molar-refractivity contribution in [2.24, 2.45) is 0 Å². The lowest BCUT2D eigenvalue weighted by Crippen LogP contribution is -2.42. The molecule has 4 N–H and O–H groups in total. The van der Waals surface area contributed by atoms with Crippen LogP contribution in [0.2, 0.25) is 0 Å². The molecule has 18 heavy (non-hydrogen) atoms. The molecule has 0 fully saturated rings. The Bertz CT molecular complexity index is 410. The van der Waals surface area contributed by atoms with E-state index in [9.17, 15) is 9.90 Å². The maximum atomic E-state index is 11.9. The van der Waals surface area contributed by atoms with Gasteiger partial charge in [-0.1, -0.05) is 13.8 Å². The fourth-order valence-electron chi connectivity index (χ4n) is 1.60. The Kier molecular flexibility index (Phi) is 4.72. The zero-order chi connectivity index (χ0) is 13.8. The minimum Gasteiger partial charge on any atom is -0.396 e. The second-order valence-corrected chi connectivity index (χ2v) is 4.40. The van der Waals surface area contributed by atoms with Gasteiger partial charge in [-0.2, -0.15) is 5.10 Å². The monoisotopic (exact) mass is 254 g/mol. The molecule has 0 atom stereocenters. The average Bonchev–Trinajstić information content (AvgIpc) is 2.77. The fourth-order valence-corrected chi connectivity index (χ4v) is 1.60. The lowest BCUT2D eigenvalue weighted by Gasteiger charge is -2.25. The van der Waals surface area contributed by atoms with Gasteiger partial charge in [-0.3, -0.25) is 9.48 Å². The van der Waals surface area contributed by atoms with Crippen LogP contribution in [0.5, 0.6) is 0 Å². The predicted octanol–water partition coefficient (Wildman–Crippen LogP) is 0.766. The molecule has 0 aliphatic rings. The molecule has 1 aromatic rings. The molecule has 0 aliphatic heterocycles. The van der Waals surface area contributed by atoms with E-state index in [2.05, 4.69) is 10.4 Å². The summed E-state index contributed by atoms with van der Waals surface area (Å²) in [4.78, 5) is 11.9. The maximum Gasteiger partial charge on any atom is 0.274 e. The molecule has 0 aromatic carbocycles. The smallest absolute Gasteiger partial charge is 0.274 e. The molecule has 1 amide bonds. The van der Waals surface area contributed by atoms with E-state index in [0.717, 1.165) is 0 Å². The van der Waals surface area contributed by atoms with Crippen molar-refractivity contribution in [1.29, 1.82) is 0 Å². The van der Waals surface area contributed by atoms with Gasteiger partial charge in [0.05, 0.1) is 11.3 Å². The predicted molar refractivity (Wildman–Crippen MR) is 70.2 cm³/mol. The van der Waals surface area contributed by atoms with Crippen LogP contribution < -0.4 is 11.1 Å². The SMILES string of the molecule is CCn1cc(N)c(C(=O)NCC(O)(CC)CC)n1. The third-order valence-electron chi connectivity index (χ3n) is 3.22. The van der Waals surface area contributed by atoms with Gasteiger partial charge in [0.2, 0.25) is 0 Å². The molecule has 0 saturated heterocycles. The molecule has 0 radical (unpaired) electrons. The van der Waals surface area contributed by atoms with Crippen molar-refractivity contribution in [2.45, 2.75) is 45.8 Å². The van der Waals surface area contributed by atoms with Crippen molar-refractivity contribution in [2.75, 3.05) is 12.3 Å². The highest BCUT2D eigenvalue weighted by molar-refractivity contribution is 5.97. The zero-order valence-electron chi connectivity index (χ0n) is 11.2. The summed E-state index contributed by atoms with van der Waals surface area (Å²) >= 11 is 0. The highest BCUT2D eigenvalue weighted by atomic mass is 16.3.